The van der Waals surface area contributed by atoms with E-state index in [1.54, 1.807) is 22.7 Å². The number of carbonyl (C=O) groups excluding carboxylic acids is 1. The van der Waals surface area contributed by atoms with Gasteiger partial charge in [-0.1, -0.05) is 42.5 Å². The van der Waals surface area contributed by atoms with E-state index in [-0.39, 0.29) is 5.91 Å². The van der Waals surface area contributed by atoms with E-state index >= 15 is 0 Å². The number of hydrogen-bond donors (Lipinski definition) is 1. The Hall–Kier alpha value is -2.04. The van der Waals surface area contributed by atoms with Gasteiger partial charge in [-0.15, -0.1) is 11.8 Å². The van der Waals surface area contributed by atoms with Gasteiger partial charge in [-0.25, -0.2) is 0 Å². The van der Waals surface area contributed by atoms with Crippen LogP contribution in [0.5, 0.6) is 0 Å². The van der Waals surface area contributed by atoms with Crippen LogP contribution < -0.4 is 4.90 Å². The second-order valence-electron chi connectivity index (χ2n) is 6.34. The average molecular weight is 354 g/mol. The van der Waals surface area contributed by atoms with Crippen molar-refractivity contribution in [3.63, 3.8) is 0 Å². The van der Waals surface area contributed by atoms with Crippen LogP contribution >= 0.6 is 11.8 Å². The van der Waals surface area contributed by atoms with Gasteiger partial charge in [0.05, 0.1) is 26.2 Å². The molecule has 2 aromatic rings. The predicted octanol–water partition coefficient (Wildman–Crippen LogP) is 2.35. The van der Waals surface area contributed by atoms with Crippen molar-refractivity contribution < 1.29 is 9.69 Å². The Bertz CT molecular complexity index is 704. The van der Waals surface area contributed by atoms with Crippen molar-refractivity contribution in [1.29, 1.82) is 0 Å². The second kappa shape index (κ2) is 8.88. The number of piperazine rings is 1. The molecule has 1 fully saturated rings. The molecule has 0 aliphatic carbocycles. The van der Waals surface area contributed by atoms with Crippen LogP contribution in [0.3, 0.4) is 0 Å². The summed E-state index contributed by atoms with van der Waals surface area (Å²) in [5.41, 5.74) is 2.44. The minimum Gasteiger partial charge on any atom is -0.328 e. The van der Waals surface area contributed by atoms with Crippen molar-refractivity contribution in [2.24, 2.45) is 0 Å². The highest BCUT2D eigenvalue weighted by molar-refractivity contribution is 7.98. The summed E-state index contributed by atoms with van der Waals surface area (Å²) < 4.78 is 0. The van der Waals surface area contributed by atoms with Gasteiger partial charge in [0, 0.05) is 16.5 Å². The monoisotopic (exact) mass is 353 g/mol. The molecule has 0 spiro atoms. The highest BCUT2D eigenvalue weighted by Gasteiger charge is 2.22. The summed E-state index contributed by atoms with van der Waals surface area (Å²) in [6.07, 6.45) is 5.68. The first-order valence-electron chi connectivity index (χ1n) is 8.73. The Morgan fingerprint density at radius 2 is 1.76 bits per heavy atom. The molecule has 0 saturated carbocycles. The van der Waals surface area contributed by atoms with Crippen LogP contribution in [0, 0.1) is 0 Å². The molecule has 0 unspecified atom stereocenters. The predicted molar refractivity (Wildman–Crippen MR) is 105 cm³/mol. The lowest BCUT2D eigenvalue weighted by Gasteiger charge is -2.31. The first kappa shape index (κ1) is 17.8. The van der Waals surface area contributed by atoms with E-state index in [2.05, 4.69) is 60.9 Å². The fourth-order valence-electron chi connectivity index (χ4n) is 3.09. The molecule has 130 valence electrons. The van der Waals surface area contributed by atoms with Gasteiger partial charge in [0.25, 0.3) is 0 Å². The average Bonchev–Trinajstić information content (AvgIpc) is 2.68. The van der Waals surface area contributed by atoms with Gasteiger partial charge in [0.2, 0.25) is 5.91 Å². The summed E-state index contributed by atoms with van der Waals surface area (Å²) in [6, 6.07) is 18.9. The van der Waals surface area contributed by atoms with Gasteiger partial charge in [-0.2, -0.15) is 0 Å². The fraction of sp³-hybridized carbons (Fsp3) is 0.286. The van der Waals surface area contributed by atoms with Crippen molar-refractivity contribution in [1.82, 2.24) is 4.90 Å². The molecule has 1 aliphatic heterocycles. The van der Waals surface area contributed by atoms with Crippen LogP contribution in [-0.4, -0.2) is 43.2 Å². The van der Waals surface area contributed by atoms with Crippen LogP contribution in [0.1, 0.15) is 11.1 Å². The lowest BCUT2D eigenvalue weighted by atomic mass is 10.2. The Kier molecular flexibility index (Phi) is 6.31. The van der Waals surface area contributed by atoms with Crippen LogP contribution in [0.15, 0.2) is 65.6 Å². The van der Waals surface area contributed by atoms with E-state index in [4.69, 9.17) is 0 Å². The molecule has 3 rings (SSSR count). The van der Waals surface area contributed by atoms with Gasteiger partial charge in [-0.05, 0) is 30.0 Å². The highest BCUT2D eigenvalue weighted by atomic mass is 32.2. The van der Waals surface area contributed by atoms with Crippen LogP contribution in [-0.2, 0) is 11.3 Å². The fourth-order valence-corrected chi connectivity index (χ4v) is 3.50. The molecule has 1 saturated heterocycles. The van der Waals surface area contributed by atoms with Crippen molar-refractivity contribution in [3.05, 3.63) is 71.8 Å². The molecule has 0 bridgehead atoms. The third kappa shape index (κ3) is 5.21. The Morgan fingerprint density at radius 1 is 1.08 bits per heavy atom. The summed E-state index contributed by atoms with van der Waals surface area (Å²) in [5, 5.41) is 0. The topological polar surface area (TPSA) is 24.8 Å². The van der Waals surface area contributed by atoms with Crippen molar-refractivity contribution in [3.8, 4) is 0 Å². The molecule has 0 atom stereocenters. The summed E-state index contributed by atoms with van der Waals surface area (Å²) in [4.78, 5) is 17.1. The first-order chi connectivity index (χ1) is 12.2. The van der Waals surface area contributed by atoms with Gasteiger partial charge >= 0.3 is 0 Å². The maximum atomic E-state index is 12.4. The number of nitrogens with one attached hydrogen (secondary N) is 1. The normalized spacial score (nSPS) is 15.6. The first-order valence-corrected chi connectivity index (χ1v) is 9.95. The third-order valence-corrected chi connectivity index (χ3v) is 5.36. The molecule has 2 aromatic carbocycles. The molecule has 0 radical (unpaired) electrons. The number of hydrogen-bond acceptors (Lipinski definition) is 2. The van der Waals surface area contributed by atoms with E-state index < -0.39 is 0 Å². The number of rotatable bonds is 5. The molecule has 3 nitrogen and oxygen atoms in total. The number of carbonyl (C=O) groups is 1. The Morgan fingerprint density at radius 3 is 2.40 bits per heavy atom. The third-order valence-electron chi connectivity index (χ3n) is 4.61. The lowest BCUT2D eigenvalue weighted by Crippen LogP contribution is -3.13. The number of benzene rings is 2. The van der Waals surface area contributed by atoms with E-state index in [0.717, 1.165) is 38.3 Å². The molecule has 4 heteroatoms. The van der Waals surface area contributed by atoms with Gasteiger partial charge in [0.1, 0.15) is 6.54 Å². The quantitative estimate of drug-likeness (QED) is 0.659. The molecule has 1 amide bonds. The standard InChI is InChI=1S/C21H24N2OS/c1-25-20-10-7-18(8-11-20)9-12-21(24)23-15-13-22(14-16-23)17-19-5-3-2-4-6-19/h2-12H,13-17H2,1H3/p+1/b12-9+. The van der Waals surface area contributed by atoms with Crippen molar-refractivity contribution in [2.75, 3.05) is 32.4 Å². The SMILES string of the molecule is CSc1ccc(/C=C/C(=O)N2CC[NH+](Cc3ccccc3)CC2)cc1. The second-order valence-corrected chi connectivity index (χ2v) is 7.22. The summed E-state index contributed by atoms with van der Waals surface area (Å²) in [6.45, 7) is 4.72. The van der Waals surface area contributed by atoms with E-state index in [1.807, 2.05) is 11.0 Å². The van der Waals surface area contributed by atoms with Crippen LogP contribution in [0.25, 0.3) is 6.08 Å². The zero-order valence-electron chi connectivity index (χ0n) is 14.7. The molecule has 1 heterocycles. The minimum absolute atomic E-state index is 0.118. The lowest BCUT2D eigenvalue weighted by molar-refractivity contribution is -0.917. The number of quaternary nitrogens is 1. The number of nitrogens with zero attached hydrogens (tertiary/aromatic N) is 1. The van der Waals surface area contributed by atoms with Crippen molar-refractivity contribution in [2.45, 2.75) is 11.4 Å². The zero-order valence-corrected chi connectivity index (χ0v) is 15.5. The molecular weight excluding hydrogens is 328 g/mol. The Balaban J connectivity index is 1.48. The number of amides is 1. The molecule has 25 heavy (non-hydrogen) atoms. The van der Waals surface area contributed by atoms with E-state index in [9.17, 15) is 4.79 Å². The maximum Gasteiger partial charge on any atom is 0.246 e. The minimum atomic E-state index is 0.118. The van der Waals surface area contributed by atoms with E-state index in [0.29, 0.717) is 0 Å². The number of thioether (sulfide) groups is 1. The van der Waals surface area contributed by atoms with Gasteiger partial charge < -0.3 is 9.80 Å². The summed E-state index contributed by atoms with van der Waals surface area (Å²) >= 11 is 1.72. The van der Waals surface area contributed by atoms with Crippen molar-refractivity contribution >= 4 is 23.7 Å². The highest BCUT2D eigenvalue weighted by Crippen LogP contribution is 2.15. The summed E-state index contributed by atoms with van der Waals surface area (Å²) in [5.74, 6) is 0.118. The smallest absolute Gasteiger partial charge is 0.246 e. The Labute approximate surface area is 154 Å². The maximum absolute atomic E-state index is 12.4. The molecule has 1 aliphatic rings. The van der Waals surface area contributed by atoms with Gasteiger partial charge in [0.15, 0.2) is 0 Å². The summed E-state index contributed by atoms with van der Waals surface area (Å²) in [7, 11) is 0. The molecule has 0 aromatic heterocycles. The molecule has 1 N–H and O–H groups in total. The van der Waals surface area contributed by atoms with E-state index in [1.165, 1.54) is 10.5 Å². The van der Waals surface area contributed by atoms with Gasteiger partial charge in [-0.3, -0.25) is 4.79 Å². The largest absolute Gasteiger partial charge is 0.328 e. The zero-order chi connectivity index (χ0) is 17.5. The van der Waals surface area contributed by atoms with Crippen LogP contribution in [0.2, 0.25) is 0 Å². The molecular formula is C21H25N2OS+. The van der Waals surface area contributed by atoms with Crippen LogP contribution in [0.4, 0.5) is 0 Å².